The Labute approximate surface area is 207 Å². The molecular weight excluding hydrogens is 521 g/mol. The normalized spacial score (nSPS) is 16.0. The van der Waals surface area contributed by atoms with Crippen LogP contribution in [0, 0.1) is 0 Å². The van der Waals surface area contributed by atoms with Crippen LogP contribution in [0.2, 0.25) is 0 Å². The van der Waals surface area contributed by atoms with Gasteiger partial charge in [0.1, 0.15) is 10.8 Å². The van der Waals surface area contributed by atoms with E-state index in [1.807, 2.05) is 19.2 Å². The summed E-state index contributed by atoms with van der Waals surface area (Å²) in [6.07, 6.45) is 2.53. The zero-order valence-electron chi connectivity index (χ0n) is 19.3. The van der Waals surface area contributed by atoms with E-state index in [9.17, 15) is 0 Å². The van der Waals surface area contributed by atoms with E-state index in [-0.39, 0.29) is 29.4 Å². The molecule has 31 heavy (non-hydrogen) atoms. The quantitative estimate of drug-likeness (QED) is 0.297. The van der Waals surface area contributed by atoms with Gasteiger partial charge in [-0.15, -0.1) is 35.3 Å². The number of hydrogen-bond donors (Lipinski definition) is 2. The number of rotatable bonds is 7. The molecule has 0 bridgehead atoms. The van der Waals surface area contributed by atoms with E-state index in [4.69, 9.17) is 9.72 Å². The number of benzene rings is 1. The van der Waals surface area contributed by atoms with Crippen molar-refractivity contribution < 1.29 is 4.74 Å². The molecule has 0 aliphatic carbocycles. The van der Waals surface area contributed by atoms with Crippen molar-refractivity contribution in [3.63, 3.8) is 0 Å². The molecule has 1 unspecified atom stereocenters. The van der Waals surface area contributed by atoms with Crippen LogP contribution in [0.25, 0.3) is 0 Å². The fourth-order valence-electron chi connectivity index (χ4n) is 3.65. The van der Waals surface area contributed by atoms with E-state index in [0.29, 0.717) is 12.6 Å². The van der Waals surface area contributed by atoms with E-state index in [1.54, 1.807) is 18.4 Å². The molecule has 1 saturated heterocycles. The molecule has 0 spiro atoms. The Kier molecular flexibility index (Phi) is 10.0. The first-order valence-corrected chi connectivity index (χ1v) is 11.6. The van der Waals surface area contributed by atoms with Crippen molar-refractivity contribution >= 4 is 41.3 Å². The first-order chi connectivity index (χ1) is 14.4. The molecule has 3 rings (SSSR count). The molecule has 2 heterocycles. The Morgan fingerprint density at radius 3 is 2.42 bits per heavy atom. The van der Waals surface area contributed by atoms with Gasteiger partial charge in [-0.05, 0) is 43.6 Å². The second-order valence-corrected chi connectivity index (χ2v) is 9.66. The largest absolute Gasteiger partial charge is 0.497 e. The van der Waals surface area contributed by atoms with Gasteiger partial charge in [-0.2, -0.15) is 0 Å². The van der Waals surface area contributed by atoms with Crippen LogP contribution in [0.3, 0.4) is 0 Å². The summed E-state index contributed by atoms with van der Waals surface area (Å²) in [6, 6.07) is 8.73. The lowest BCUT2D eigenvalue weighted by molar-refractivity contribution is 0.245. The molecule has 1 aromatic heterocycles. The summed E-state index contributed by atoms with van der Waals surface area (Å²) in [6.45, 7) is 10.3. The van der Waals surface area contributed by atoms with Gasteiger partial charge in [0, 0.05) is 24.4 Å². The van der Waals surface area contributed by atoms with Gasteiger partial charge in [0.2, 0.25) is 0 Å². The van der Waals surface area contributed by atoms with Gasteiger partial charge in [-0.25, -0.2) is 4.98 Å². The van der Waals surface area contributed by atoms with Gasteiger partial charge < -0.3 is 15.4 Å². The molecular formula is C23H36IN5OS. The molecule has 0 amide bonds. The molecule has 1 aromatic carbocycles. The highest BCUT2D eigenvalue weighted by atomic mass is 127. The van der Waals surface area contributed by atoms with E-state index in [2.05, 4.69) is 58.8 Å². The summed E-state index contributed by atoms with van der Waals surface area (Å²) in [4.78, 5) is 11.7. The number of thiazole rings is 1. The third-order valence-corrected chi connectivity index (χ3v) is 6.34. The van der Waals surface area contributed by atoms with Crippen LogP contribution < -0.4 is 15.4 Å². The maximum Gasteiger partial charge on any atom is 0.191 e. The van der Waals surface area contributed by atoms with Crippen LogP contribution in [0.4, 0.5) is 0 Å². The third kappa shape index (κ3) is 7.32. The Hall–Kier alpha value is -1.39. The van der Waals surface area contributed by atoms with Gasteiger partial charge in [0.25, 0.3) is 0 Å². The first-order valence-electron chi connectivity index (χ1n) is 10.7. The van der Waals surface area contributed by atoms with Crippen LogP contribution in [-0.4, -0.2) is 49.6 Å². The van der Waals surface area contributed by atoms with E-state index in [1.165, 1.54) is 18.4 Å². The molecule has 1 atom stereocenters. The molecule has 0 radical (unpaired) electrons. The lowest BCUT2D eigenvalue weighted by atomic mass is 9.93. The molecule has 0 saturated carbocycles. The van der Waals surface area contributed by atoms with Crippen molar-refractivity contribution in [2.45, 2.75) is 51.6 Å². The second-order valence-electron chi connectivity index (χ2n) is 8.72. The van der Waals surface area contributed by atoms with Gasteiger partial charge in [-0.3, -0.25) is 9.89 Å². The zero-order valence-corrected chi connectivity index (χ0v) is 22.4. The summed E-state index contributed by atoms with van der Waals surface area (Å²) in [7, 11) is 3.52. The standard InChI is InChI=1S/C23H35N5OS.HI/c1-23(2,3)20-16-30-21(27-20)15-26-22(24-4)25-14-19(28-12-6-7-13-28)17-8-10-18(29-5)11-9-17;/h8-11,16,19H,6-7,12-15H2,1-5H3,(H2,24,25,26);1H. The number of nitrogens with zero attached hydrogens (tertiary/aromatic N) is 3. The Morgan fingerprint density at radius 2 is 1.87 bits per heavy atom. The molecule has 6 nitrogen and oxygen atoms in total. The van der Waals surface area contributed by atoms with Crippen LogP contribution in [0.15, 0.2) is 34.6 Å². The van der Waals surface area contributed by atoms with Crippen molar-refractivity contribution in [3.05, 3.63) is 45.9 Å². The number of aliphatic imine (C=N–C) groups is 1. The van der Waals surface area contributed by atoms with E-state index < -0.39 is 0 Å². The SMILES string of the molecule is CN=C(NCc1nc(C(C)(C)C)cs1)NCC(c1ccc(OC)cc1)N1CCCC1.I. The van der Waals surface area contributed by atoms with Crippen molar-refractivity contribution in [1.29, 1.82) is 0 Å². The maximum absolute atomic E-state index is 5.32. The Bertz CT molecular complexity index is 825. The lowest BCUT2D eigenvalue weighted by Crippen LogP contribution is -2.42. The highest BCUT2D eigenvalue weighted by Gasteiger charge is 2.24. The molecule has 2 aromatic rings. The monoisotopic (exact) mass is 557 g/mol. The smallest absolute Gasteiger partial charge is 0.191 e. The topological polar surface area (TPSA) is 61.8 Å². The van der Waals surface area contributed by atoms with Crippen LogP contribution >= 0.6 is 35.3 Å². The van der Waals surface area contributed by atoms with Crippen molar-refractivity contribution in [2.75, 3.05) is 33.8 Å². The predicted octanol–water partition coefficient (Wildman–Crippen LogP) is 4.57. The van der Waals surface area contributed by atoms with Gasteiger partial charge in [-0.1, -0.05) is 32.9 Å². The van der Waals surface area contributed by atoms with Gasteiger partial charge in [0.15, 0.2) is 5.96 Å². The summed E-state index contributed by atoms with van der Waals surface area (Å²) < 4.78 is 5.32. The van der Waals surface area contributed by atoms with Crippen LogP contribution in [-0.2, 0) is 12.0 Å². The average molecular weight is 558 g/mol. The second kappa shape index (κ2) is 12.0. The average Bonchev–Trinajstić information content (AvgIpc) is 3.43. The molecule has 1 aliphatic heterocycles. The molecule has 172 valence electrons. The fourth-order valence-corrected chi connectivity index (χ4v) is 4.61. The number of guanidine groups is 1. The van der Waals surface area contributed by atoms with E-state index >= 15 is 0 Å². The Balaban J connectivity index is 0.00000341. The molecule has 2 N–H and O–H groups in total. The number of hydrogen-bond acceptors (Lipinski definition) is 5. The van der Waals surface area contributed by atoms with Crippen LogP contribution in [0.1, 0.15) is 55.9 Å². The van der Waals surface area contributed by atoms with Crippen LogP contribution in [0.5, 0.6) is 5.75 Å². The number of nitrogens with one attached hydrogen (secondary N) is 2. The Morgan fingerprint density at radius 1 is 1.19 bits per heavy atom. The summed E-state index contributed by atoms with van der Waals surface area (Å²) in [5, 5.41) is 10.2. The number of aromatic nitrogens is 1. The number of halogens is 1. The number of likely N-dealkylation sites (tertiary alicyclic amines) is 1. The highest BCUT2D eigenvalue weighted by molar-refractivity contribution is 14.0. The van der Waals surface area contributed by atoms with Gasteiger partial charge in [0.05, 0.1) is 25.4 Å². The number of methoxy groups -OCH3 is 1. The number of ether oxygens (including phenoxy) is 1. The molecule has 8 heteroatoms. The summed E-state index contributed by atoms with van der Waals surface area (Å²) >= 11 is 1.70. The predicted molar refractivity (Wildman–Crippen MR) is 141 cm³/mol. The maximum atomic E-state index is 5.32. The van der Waals surface area contributed by atoms with Gasteiger partial charge >= 0.3 is 0 Å². The highest BCUT2D eigenvalue weighted by Crippen LogP contribution is 2.26. The summed E-state index contributed by atoms with van der Waals surface area (Å²) in [5.41, 5.74) is 2.52. The van der Waals surface area contributed by atoms with Crippen molar-refractivity contribution in [1.82, 2.24) is 20.5 Å². The fraction of sp³-hybridized carbons (Fsp3) is 0.565. The lowest BCUT2D eigenvalue weighted by Gasteiger charge is -2.29. The third-order valence-electron chi connectivity index (χ3n) is 5.50. The first kappa shape index (κ1) is 25.9. The van der Waals surface area contributed by atoms with Crippen molar-refractivity contribution in [3.8, 4) is 5.75 Å². The summed E-state index contributed by atoms with van der Waals surface area (Å²) in [5.74, 6) is 1.70. The molecule has 1 fully saturated rings. The zero-order chi connectivity index (χ0) is 21.6. The minimum absolute atomic E-state index is 0. The van der Waals surface area contributed by atoms with E-state index in [0.717, 1.165) is 42.0 Å². The minimum atomic E-state index is 0. The minimum Gasteiger partial charge on any atom is -0.497 e. The molecule has 1 aliphatic rings. The van der Waals surface area contributed by atoms with Crippen molar-refractivity contribution in [2.24, 2.45) is 4.99 Å².